The van der Waals surface area contributed by atoms with Crippen molar-refractivity contribution in [2.45, 2.75) is 82.1 Å². The predicted molar refractivity (Wildman–Crippen MR) is 303 cm³/mol. The van der Waals surface area contributed by atoms with Gasteiger partial charge in [0, 0.05) is 85.5 Å². The summed E-state index contributed by atoms with van der Waals surface area (Å²) in [6.45, 7) is 13.4. The highest BCUT2D eigenvalue weighted by Gasteiger charge is 2.48. The predicted octanol–water partition coefficient (Wildman–Crippen LogP) is 8.25. The van der Waals surface area contributed by atoms with Crippen LogP contribution >= 0.6 is 0 Å². The van der Waals surface area contributed by atoms with Gasteiger partial charge in [0.15, 0.2) is 5.71 Å². The Labute approximate surface area is 468 Å². The van der Waals surface area contributed by atoms with Gasteiger partial charge in [0.25, 0.3) is 32.1 Å². The summed E-state index contributed by atoms with van der Waals surface area (Å²) in [4.78, 5) is 44.2. The van der Waals surface area contributed by atoms with E-state index in [1.54, 1.807) is 25.3 Å². The third kappa shape index (κ3) is 16.2. The molecule has 1 fully saturated rings. The van der Waals surface area contributed by atoms with Gasteiger partial charge in [-0.2, -0.15) is 21.4 Å². The Morgan fingerprint density at radius 3 is 2.06 bits per heavy atom. The molecule has 1 unspecified atom stereocenters. The average molecular weight is 1140 g/mol. The van der Waals surface area contributed by atoms with Crippen LogP contribution in [0.3, 0.4) is 0 Å². The summed E-state index contributed by atoms with van der Waals surface area (Å²) in [5.41, 5.74) is 6.25. The number of methoxy groups -OCH3 is 1. The highest BCUT2D eigenvalue weighted by atomic mass is 32.2. The summed E-state index contributed by atoms with van der Waals surface area (Å²) >= 11 is 0. The summed E-state index contributed by atoms with van der Waals surface area (Å²) in [5, 5.41) is 0.477. The van der Waals surface area contributed by atoms with Gasteiger partial charge in [0.2, 0.25) is 5.69 Å². The molecule has 4 heterocycles. The van der Waals surface area contributed by atoms with Gasteiger partial charge in [-0.25, -0.2) is 4.79 Å². The quantitative estimate of drug-likeness (QED) is 0.0210. The van der Waals surface area contributed by atoms with Crippen LogP contribution in [0.2, 0.25) is 0 Å². The summed E-state index contributed by atoms with van der Waals surface area (Å²) in [6, 6.07) is 18.3. The monoisotopic (exact) mass is 1140 g/mol. The van der Waals surface area contributed by atoms with Gasteiger partial charge in [-0.05, 0) is 76.0 Å². The van der Waals surface area contributed by atoms with Crippen molar-refractivity contribution in [3.63, 3.8) is 0 Å². The summed E-state index contributed by atoms with van der Waals surface area (Å²) < 4.78 is 104. The largest absolute Gasteiger partial charge is 0.456 e. The van der Waals surface area contributed by atoms with Crippen molar-refractivity contribution in [3.8, 4) is 5.75 Å². The van der Waals surface area contributed by atoms with Crippen molar-refractivity contribution >= 4 is 72.0 Å². The van der Waals surface area contributed by atoms with Crippen molar-refractivity contribution in [1.82, 2.24) is 5.06 Å². The first-order valence-electron chi connectivity index (χ1n) is 26.6. The van der Waals surface area contributed by atoms with Crippen molar-refractivity contribution in [1.29, 1.82) is 0 Å². The number of rotatable bonds is 30. The third-order valence-corrected chi connectivity index (χ3v) is 15.6. The van der Waals surface area contributed by atoms with Crippen LogP contribution in [0, 0.1) is 0 Å². The van der Waals surface area contributed by atoms with Gasteiger partial charge in [-0.3, -0.25) is 18.7 Å². The van der Waals surface area contributed by atoms with Crippen LogP contribution < -0.4 is 9.64 Å². The van der Waals surface area contributed by atoms with E-state index in [-0.39, 0.29) is 55.5 Å². The summed E-state index contributed by atoms with van der Waals surface area (Å²) in [7, 11) is -7.34. The number of anilines is 1. The molecule has 4 aliphatic heterocycles. The average Bonchev–Trinajstić information content (AvgIpc) is 3.85. The van der Waals surface area contributed by atoms with E-state index < -0.39 is 49.2 Å². The Balaban J connectivity index is 1.09. The van der Waals surface area contributed by atoms with E-state index in [1.807, 2.05) is 72.2 Å². The number of imide groups is 1. The Kier molecular flexibility index (Phi) is 21.3. The van der Waals surface area contributed by atoms with E-state index in [9.17, 15) is 40.3 Å². The highest BCUT2D eigenvalue weighted by molar-refractivity contribution is 7.86. The number of carbonyl (C=O) groups is 3. The maximum absolute atomic E-state index is 12.9. The van der Waals surface area contributed by atoms with Crippen LogP contribution in [0.15, 0.2) is 120 Å². The fourth-order valence-electron chi connectivity index (χ4n) is 10.1. The molecule has 21 heteroatoms. The number of hydrogen-bond acceptors (Lipinski definition) is 15. The number of hydrogen-bond donors (Lipinski definition) is 2. The fourth-order valence-corrected chi connectivity index (χ4v) is 11.1. The van der Waals surface area contributed by atoms with Crippen LogP contribution in [-0.2, 0) is 68.6 Å². The topological polar surface area (TPSA) is 234 Å². The van der Waals surface area contributed by atoms with Crippen molar-refractivity contribution < 1.29 is 78.2 Å². The molecule has 4 aliphatic rings. The lowest BCUT2D eigenvalue weighted by Crippen LogP contribution is -2.46. The van der Waals surface area contributed by atoms with Crippen LogP contribution in [0.4, 0.5) is 11.4 Å². The number of nitrogens with zero attached hydrogens (tertiary/aromatic N) is 3. The van der Waals surface area contributed by atoms with E-state index in [1.165, 1.54) is 18.2 Å². The van der Waals surface area contributed by atoms with E-state index in [0.717, 1.165) is 33.5 Å². The van der Waals surface area contributed by atoms with Gasteiger partial charge in [0.1, 0.15) is 18.1 Å². The number of ether oxygens (including phenoxy) is 6. The molecule has 2 N–H and O–H groups in total. The standard InChI is InChI=1S/C59H71N3O16S2/c1-43-42-58(2,3)61(27-28-73-31-32-75-35-36-76-34-33-74-30-29-72-5)51-41-53-48(40-47(43)51)45(38-52(77-53)44-16-11-9-12-17-44)18-10-7-6-8-13-19-54-59(4,25-14-20-57(65)78-62-55(63)23-24-56(62)64)49-39-46(80(69,70)71)21-22-50(49)60(54)26-15-37-79(66,67)68/h6-13,16-19,21-22,38-42H,14-15,20,23-37H2,1-5H3,(H-,66,67,68,69,70,71)/p+1. The minimum atomic E-state index is -4.65. The number of fused-ring (bicyclic) bond motifs is 3. The van der Waals surface area contributed by atoms with E-state index in [0.29, 0.717) is 99.5 Å². The van der Waals surface area contributed by atoms with E-state index in [2.05, 4.69) is 43.9 Å². The Bertz CT molecular complexity index is 3180. The van der Waals surface area contributed by atoms with E-state index in [4.69, 9.17) is 33.3 Å². The second-order valence-corrected chi connectivity index (χ2v) is 23.2. The first-order chi connectivity index (χ1) is 38.2. The third-order valence-electron chi connectivity index (χ3n) is 14.0. The number of hydroxylamine groups is 2. The van der Waals surface area contributed by atoms with Gasteiger partial charge in [0.05, 0.1) is 81.1 Å². The minimum absolute atomic E-state index is 0.00402. The summed E-state index contributed by atoms with van der Waals surface area (Å²) in [6.07, 6.45) is 17.4. The van der Waals surface area contributed by atoms with Gasteiger partial charge in [-0.1, -0.05) is 72.9 Å². The number of amides is 2. The second kappa shape index (κ2) is 27.9. The Morgan fingerprint density at radius 1 is 0.775 bits per heavy atom. The molecule has 0 aliphatic carbocycles. The lowest BCUT2D eigenvalue weighted by molar-refractivity contribution is -0.437. The summed E-state index contributed by atoms with van der Waals surface area (Å²) in [5.74, 6) is -1.19. The van der Waals surface area contributed by atoms with Gasteiger partial charge in [-0.15, -0.1) is 5.06 Å². The Morgan fingerprint density at radius 2 is 1.41 bits per heavy atom. The Hall–Kier alpha value is -6.40. The first kappa shape index (κ1) is 61.2. The number of allylic oxidation sites excluding steroid dienone is 10. The lowest BCUT2D eigenvalue weighted by Gasteiger charge is -2.44. The zero-order valence-corrected chi connectivity index (χ0v) is 47.6. The molecule has 7 rings (SSSR count). The number of benzene rings is 3. The first-order valence-corrected chi connectivity index (χ1v) is 29.7. The van der Waals surface area contributed by atoms with Crippen molar-refractivity contribution in [2.75, 3.05) is 90.3 Å². The SMILES string of the molecule is COCCOCCOCCOCCOCCN1c2cc3c(cc2C(C)=CC1(C)C)/C(=C/C=C/C=C/C=C/C1=[N+](CCCS(=O)(=O)O)c2ccc(S(=O)(=O)O)cc2C1(C)CCCC(=O)ON1C(=O)CCC1=O)C=C(c1ccccc1)O3. The molecule has 0 radical (unpaired) electrons. The van der Waals surface area contributed by atoms with E-state index >= 15 is 0 Å². The molecule has 2 amide bonds. The zero-order valence-electron chi connectivity index (χ0n) is 46.0. The van der Waals surface area contributed by atoms with Crippen molar-refractivity contribution in [2.24, 2.45) is 0 Å². The molecule has 1 saturated heterocycles. The van der Waals surface area contributed by atoms with Crippen LogP contribution in [-0.4, -0.2) is 150 Å². The maximum atomic E-state index is 12.9. The molecule has 0 saturated carbocycles. The highest BCUT2D eigenvalue weighted by Crippen LogP contribution is 2.47. The molecular formula is C59H72N3O16S2+. The smallest absolute Gasteiger partial charge is 0.333 e. The lowest BCUT2D eigenvalue weighted by atomic mass is 9.75. The molecular weight excluding hydrogens is 1070 g/mol. The normalized spacial score (nSPS) is 18.6. The van der Waals surface area contributed by atoms with Crippen LogP contribution in [0.25, 0.3) is 16.9 Å². The molecule has 80 heavy (non-hydrogen) atoms. The second-order valence-electron chi connectivity index (χ2n) is 20.2. The molecule has 0 bridgehead atoms. The molecule has 3 aromatic carbocycles. The molecule has 0 spiro atoms. The maximum Gasteiger partial charge on any atom is 0.333 e. The minimum Gasteiger partial charge on any atom is -0.456 e. The number of carbonyl (C=O) groups excluding carboxylic acids is 3. The molecule has 3 aromatic rings. The van der Waals surface area contributed by atoms with Crippen molar-refractivity contribution in [3.05, 3.63) is 138 Å². The van der Waals surface area contributed by atoms with Gasteiger partial charge < -0.3 is 38.2 Å². The van der Waals surface area contributed by atoms with Crippen LogP contribution in [0.1, 0.15) is 88.5 Å². The zero-order chi connectivity index (χ0) is 57.5. The molecule has 1 atom stereocenters. The molecule has 0 aromatic heterocycles. The van der Waals surface area contributed by atoms with Gasteiger partial charge >= 0.3 is 5.97 Å². The fraction of sp³-hybridized carbons (Fsp3) is 0.424. The van der Waals surface area contributed by atoms with Crippen LogP contribution in [0.5, 0.6) is 5.75 Å². The molecule has 430 valence electrons. The molecule has 19 nitrogen and oxygen atoms in total.